The molecule has 3 atom stereocenters. The molecule has 2 aliphatic rings. The molecule has 1 saturated heterocycles. The summed E-state index contributed by atoms with van der Waals surface area (Å²) >= 11 is 0. The maximum Gasteiger partial charge on any atom is 0.334 e. The van der Waals surface area contributed by atoms with Crippen LogP contribution in [0.25, 0.3) is 0 Å². The van der Waals surface area contributed by atoms with E-state index in [0.717, 1.165) is 25.8 Å². The first-order valence-corrected chi connectivity index (χ1v) is 6.55. The molecule has 6 heteroatoms. The maximum absolute atomic E-state index is 12.0. The Balaban J connectivity index is 1.86. The number of urea groups is 1. The largest absolute Gasteiger partial charge is 0.479 e. The Morgan fingerprint density at radius 3 is 2.72 bits per heavy atom. The van der Waals surface area contributed by atoms with Crippen molar-refractivity contribution in [2.45, 2.75) is 44.2 Å². The molecule has 0 aromatic carbocycles. The van der Waals surface area contributed by atoms with E-state index < -0.39 is 12.1 Å². The third-order valence-corrected chi connectivity index (χ3v) is 3.99. The molecule has 102 valence electrons. The van der Waals surface area contributed by atoms with Crippen molar-refractivity contribution in [1.82, 2.24) is 10.2 Å². The first-order chi connectivity index (χ1) is 8.59. The predicted octanol–water partition coefficient (Wildman–Crippen LogP) is 0.406. The van der Waals surface area contributed by atoms with Crippen LogP contribution >= 0.6 is 0 Å². The van der Waals surface area contributed by atoms with Gasteiger partial charge < -0.3 is 20.4 Å². The van der Waals surface area contributed by atoms with Crippen LogP contribution in [0, 0.1) is 5.92 Å². The molecule has 2 fully saturated rings. The molecule has 0 aromatic rings. The summed E-state index contributed by atoms with van der Waals surface area (Å²) in [6, 6.07) is 0.0626. The Bertz CT molecular complexity index is 334. The molecule has 2 amide bonds. The van der Waals surface area contributed by atoms with E-state index in [-0.39, 0.29) is 12.6 Å². The van der Waals surface area contributed by atoms with Crippen molar-refractivity contribution in [2.24, 2.45) is 5.92 Å². The molecule has 1 heterocycles. The number of aliphatic hydroxyl groups is 1. The fraction of sp³-hybridized carbons (Fsp3) is 0.833. The number of carbonyl (C=O) groups excluding carboxylic acids is 1. The van der Waals surface area contributed by atoms with Crippen LogP contribution < -0.4 is 5.32 Å². The minimum Gasteiger partial charge on any atom is -0.479 e. The van der Waals surface area contributed by atoms with Gasteiger partial charge in [0.1, 0.15) is 0 Å². The zero-order valence-electron chi connectivity index (χ0n) is 10.3. The van der Waals surface area contributed by atoms with Gasteiger partial charge in [0, 0.05) is 12.6 Å². The molecule has 1 saturated carbocycles. The number of carbonyl (C=O) groups is 2. The number of hydrogen-bond donors (Lipinski definition) is 3. The first-order valence-electron chi connectivity index (χ1n) is 6.55. The van der Waals surface area contributed by atoms with Crippen LogP contribution in [0.3, 0.4) is 0 Å². The Hall–Kier alpha value is -1.30. The van der Waals surface area contributed by atoms with Gasteiger partial charge in [0.05, 0.1) is 6.54 Å². The van der Waals surface area contributed by atoms with Crippen molar-refractivity contribution >= 4 is 12.0 Å². The number of nitrogens with one attached hydrogen (secondary N) is 1. The average molecular weight is 256 g/mol. The number of piperidine rings is 1. The molecule has 1 aliphatic carbocycles. The summed E-state index contributed by atoms with van der Waals surface area (Å²) < 4.78 is 0. The summed E-state index contributed by atoms with van der Waals surface area (Å²) in [4.78, 5) is 24.2. The Morgan fingerprint density at radius 2 is 2.00 bits per heavy atom. The normalized spacial score (nSPS) is 28.6. The van der Waals surface area contributed by atoms with Gasteiger partial charge in [-0.25, -0.2) is 9.59 Å². The third kappa shape index (κ3) is 2.75. The lowest BCUT2D eigenvalue weighted by Crippen LogP contribution is -2.52. The minimum absolute atomic E-state index is 0.234. The lowest BCUT2D eigenvalue weighted by Gasteiger charge is -2.37. The Morgan fingerprint density at radius 1 is 1.28 bits per heavy atom. The van der Waals surface area contributed by atoms with Crippen molar-refractivity contribution < 1.29 is 19.8 Å². The van der Waals surface area contributed by atoms with Crippen LogP contribution in [0.15, 0.2) is 0 Å². The number of nitrogens with zero attached hydrogens (tertiary/aromatic N) is 1. The molecule has 2 rings (SSSR count). The van der Waals surface area contributed by atoms with Gasteiger partial charge in [-0.15, -0.1) is 0 Å². The van der Waals surface area contributed by atoms with E-state index >= 15 is 0 Å². The van der Waals surface area contributed by atoms with E-state index in [4.69, 9.17) is 10.2 Å². The van der Waals surface area contributed by atoms with E-state index in [1.54, 1.807) is 0 Å². The molecule has 0 aromatic heterocycles. The van der Waals surface area contributed by atoms with Gasteiger partial charge in [0.2, 0.25) is 0 Å². The second-order valence-electron chi connectivity index (χ2n) is 5.13. The van der Waals surface area contributed by atoms with Gasteiger partial charge in [-0.2, -0.15) is 0 Å². The summed E-state index contributed by atoms with van der Waals surface area (Å²) in [7, 11) is 0. The molecule has 0 radical (unpaired) electrons. The number of hydrogen-bond acceptors (Lipinski definition) is 3. The quantitative estimate of drug-likeness (QED) is 0.682. The van der Waals surface area contributed by atoms with E-state index in [9.17, 15) is 9.59 Å². The fourth-order valence-corrected chi connectivity index (χ4v) is 3.08. The van der Waals surface area contributed by atoms with Crippen LogP contribution in [0.4, 0.5) is 4.79 Å². The number of aliphatic carboxylic acids is 1. The molecule has 3 N–H and O–H groups in total. The number of fused-ring (bicyclic) bond motifs is 1. The van der Waals surface area contributed by atoms with Gasteiger partial charge in [-0.05, 0) is 31.6 Å². The molecular weight excluding hydrogens is 236 g/mol. The molecular formula is C12H20N2O4. The average Bonchev–Trinajstić information content (AvgIpc) is 2.83. The summed E-state index contributed by atoms with van der Waals surface area (Å²) in [5, 5.41) is 20.2. The first kappa shape index (κ1) is 13.1. The Labute approximate surface area is 106 Å². The molecule has 0 spiro atoms. The van der Waals surface area contributed by atoms with Gasteiger partial charge in [-0.1, -0.05) is 6.42 Å². The van der Waals surface area contributed by atoms with Crippen molar-refractivity contribution in [2.75, 3.05) is 13.1 Å². The lowest BCUT2D eigenvalue weighted by atomic mass is 9.92. The SMILES string of the molecule is O=C(O)[C@@H](O)CNC(=O)N1CCCC2CCCC21. The van der Waals surface area contributed by atoms with Gasteiger partial charge in [0.25, 0.3) is 0 Å². The van der Waals surface area contributed by atoms with Crippen LogP contribution in [-0.4, -0.2) is 52.3 Å². The standard InChI is InChI=1S/C12H20N2O4/c15-10(11(16)17)7-13-12(18)14-6-2-4-8-3-1-5-9(8)14/h8-10,15H,1-7H2,(H,13,18)(H,16,17)/t8?,9?,10-/m0/s1. The van der Waals surface area contributed by atoms with Gasteiger partial charge >= 0.3 is 12.0 Å². The molecule has 2 unspecified atom stereocenters. The van der Waals surface area contributed by atoms with E-state index in [1.807, 2.05) is 4.90 Å². The van der Waals surface area contributed by atoms with Crippen molar-refractivity contribution in [3.05, 3.63) is 0 Å². The fourth-order valence-electron chi connectivity index (χ4n) is 3.08. The zero-order chi connectivity index (χ0) is 13.1. The highest BCUT2D eigenvalue weighted by Gasteiger charge is 2.37. The summed E-state index contributed by atoms with van der Waals surface area (Å²) in [5.74, 6) is -0.707. The molecule has 18 heavy (non-hydrogen) atoms. The van der Waals surface area contributed by atoms with E-state index in [0.29, 0.717) is 12.0 Å². The third-order valence-electron chi connectivity index (χ3n) is 3.99. The Kier molecular flexibility index (Phi) is 4.06. The number of rotatable bonds is 3. The number of amides is 2. The van der Waals surface area contributed by atoms with Crippen molar-refractivity contribution in [1.29, 1.82) is 0 Å². The predicted molar refractivity (Wildman–Crippen MR) is 64.1 cm³/mol. The van der Waals surface area contributed by atoms with Crippen LogP contribution in [0.5, 0.6) is 0 Å². The minimum atomic E-state index is -1.53. The summed E-state index contributed by atoms with van der Waals surface area (Å²) in [6.07, 6.45) is 4.06. The topological polar surface area (TPSA) is 89.9 Å². The highest BCUT2D eigenvalue weighted by atomic mass is 16.4. The maximum atomic E-state index is 12.0. The van der Waals surface area contributed by atoms with Crippen molar-refractivity contribution in [3.8, 4) is 0 Å². The lowest BCUT2D eigenvalue weighted by molar-refractivity contribution is -0.146. The van der Waals surface area contributed by atoms with Crippen LogP contribution in [0.2, 0.25) is 0 Å². The second kappa shape index (κ2) is 5.56. The highest BCUT2D eigenvalue weighted by Crippen LogP contribution is 2.36. The molecule has 6 nitrogen and oxygen atoms in total. The van der Waals surface area contributed by atoms with Crippen molar-refractivity contribution in [3.63, 3.8) is 0 Å². The monoisotopic (exact) mass is 256 g/mol. The smallest absolute Gasteiger partial charge is 0.334 e. The number of carboxylic acids is 1. The number of likely N-dealkylation sites (tertiary alicyclic amines) is 1. The second-order valence-corrected chi connectivity index (χ2v) is 5.13. The van der Waals surface area contributed by atoms with Crippen LogP contribution in [-0.2, 0) is 4.79 Å². The van der Waals surface area contributed by atoms with Crippen LogP contribution in [0.1, 0.15) is 32.1 Å². The number of carboxylic acid groups (broad SMARTS) is 1. The summed E-state index contributed by atoms with van der Waals surface area (Å²) in [5.41, 5.74) is 0. The molecule has 0 bridgehead atoms. The van der Waals surface area contributed by atoms with E-state index in [2.05, 4.69) is 5.32 Å². The zero-order valence-corrected chi connectivity index (χ0v) is 10.3. The van der Waals surface area contributed by atoms with Gasteiger partial charge in [0.15, 0.2) is 6.10 Å². The molecule has 1 aliphatic heterocycles. The summed E-state index contributed by atoms with van der Waals surface area (Å²) in [6.45, 7) is 0.498. The van der Waals surface area contributed by atoms with E-state index in [1.165, 1.54) is 12.8 Å². The number of aliphatic hydroxyl groups excluding tert-OH is 1. The van der Waals surface area contributed by atoms with Gasteiger partial charge in [-0.3, -0.25) is 0 Å². The highest BCUT2D eigenvalue weighted by molar-refractivity contribution is 5.77.